The van der Waals surface area contributed by atoms with E-state index >= 15 is 0 Å². The van der Waals surface area contributed by atoms with E-state index in [0.717, 1.165) is 33.4 Å². The van der Waals surface area contributed by atoms with Crippen LogP contribution >= 0.6 is 0 Å². The van der Waals surface area contributed by atoms with Crippen LogP contribution < -0.4 is 0 Å². The van der Waals surface area contributed by atoms with Gasteiger partial charge in [0.05, 0.1) is 0 Å². The predicted molar refractivity (Wildman–Crippen MR) is 118 cm³/mol. The highest BCUT2D eigenvalue weighted by atomic mass is 16.5. The number of hydrogen-bond donors (Lipinski definition) is 0. The van der Waals surface area contributed by atoms with Gasteiger partial charge < -0.3 is 8.94 Å². The zero-order valence-electron chi connectivity index (χ0n) is 16.7. The van der Waals surface area contributed by atoms with Crippen molar-refractivity contribution in [1.29, 1.82) is 0 Å². The van der Waals surface area contributed by atoms with Crippen LogP contribution in [0.25, 0.3) is 46.2 Å². The normalized spacial score (nSPS) is 11.5. The summed E-state index contributed by atoms with van der Waals surface area (Å²) >= 11 is 0. The van der Waals surface area contributed by atoms with Gasteiger partial charge in [-0.05, 0) is 66.9 Å². The molecule has 2 aromatic heterocycles. The van der Waals surface area contributed by atoms with E-state index in [0.29, 0.717) is 17.6 Å². The molecule has 30 heavy (non-hydrogen) atoms. The average Bonchev–Trinajstić information content (AvgIpc) is 3.39. The third-order valence-corrected chi connectivity index (χ3v) is 4.85. The number of aromatic nitrogens is 3. The van der Waals surface area contributed by atoms with Crippen molar-refractivity contribution in [1.82, 2.24) is 15.1 Å². The molecule has 5 rings (SSSR count). The van der Waals surface area contributed by atoms with Gasteiger partial charge in [-0.2, -0.15) is 4.98 Å². The van der Waals surface area contributed by atoms with Gasteiger partial charge in [-0.3, -0.25) is 0 Å². The van der Waals surface area contributed by atoms with Gasteiger partial charge in [0.2, 0.25) is 5.89 Å². The van der Waals surface area contributed by atoms with Crippen LogP contribution in [0.4, 0.5) is 0 Å². The Hall–Kier alpha value is -3.99. The van der Waals surface area contributed by atoms with E-state index < -0.39 is 0 Å². The zero-order chi connectivity index (χ0) is 20.5. The lowest BCUT2D eigenvalue weighted by atomic mass is 10.1. The molecular weight excluding hydrogens is 374 g/mol. The highest BCUT2D eigenvalue weighted by Crippen LogP contribution is 2.25. The molecule has 0 fully saturated rings. The first kappa shape index (κ1) is 18.1. The molecule has 0 bridgehead atoms. The Morgan fingerprint density at radius 2 is 1.33 bits per heavy atom. The van der Waals surface area contributed by atoms with Gasteiger partial charge in [0.25, 0.3) is 5.89 Å². The Bertz CT molecular complexity index is 1340. The molecule has 0 aliphatic rings. The van der Waals surface area contributed by atoms with Crippen LogP contribution in [0, 0.1) is 13.8 Å². The molecular formula is C25H19N3O2. The van der Waals surface area contributed by atoms with Crippen molar-refractivity contribution in [2.75, 3.05) is 0 Å². The van der Waals surface area contributed by atoms with Gasteiger partial charge in [0.1, 0.15) is 5.52 Å². The van der Waals surface area contributed by atoms with Gasteiger partial charge >= 0.3 is 0 Å². The minimum absolute atomic E-state index is 0.535. The fraction of sp³-hybridized carbons (Fsp3) is 0.0800. The molecule has 0 unspecified atom stereocenters. The maximum Gasteiger partial charge on any atom is 0.257 e. The Labute approximate surface area is 173 Å². The van der Waals surface area contributed by atoms with Crippen molar-refractivity contribution in [3.63, 3.8) is 0 Å². The lowest BCUT2D eigenvalue weighted by Gasteiger charge is -1.99. The number of aryl methyl sites for hydroxylation is 2. The van der Waals surface area contributed by atoms with Gasteiger partial charge in [-0.25, -0.2) is 4.98 Å². The SMILES string of the molecule is Cc1ccc2oc(-c3ccc(C=Cc4ccc(-c5nc(C)no5)cc4)cc3)nc2c1. The van der Waals surface area contributed by atoms with Crippen molar-refractivity contribution in [2.45, 2.75) is 13.8 Å². The Morgan fingerprint density at radius 3 is 1.93 bits per heavy atom. The summed E-state index contributed by atoms with van der Waals surface area (Å²) in [6.07, 6.45) is 4.14. The second kappa shape index (κ2) is 7.44. The number of oxazole rings is 1. The van der Waals surface area contributed by atoms with Crippen LogP contribution in [-0.4, -0.2) is 15.1 Å². The van der Waals surface area contributed by atoms with Crippen molar-refractivity contribution >= 4 is 23.3 Å². The quantitative estimate of drug-likeness (QED) is 0.334. The lowest BCUT2D eigenvalue weighted by molar-refractivity contribution is 0.425. The molecule has 3 aromatic carbocycles. The molecule has 0 spiro atoms. The average molecular weight is 393 g/mol. The minimum Gasteiger partial charge on any atom is -0.436 e. The summed E-state index contributed by atoms with van der Waals surface area (Å²) in [5.74, 6) is 1.80. The molecule has 0 aliphatic heterocycles. The van der Waals surface area contributed by atoms with Gasteiger partial charge in [0.15, 0.2) is 11.4 Å². The number of fused-ring (bicyclic) bond motifs is 1. The molecule has 5 nitrogen and oxygen atoms in total. The summed E-state index contributed by atoms with van der Waals surface area (Å²) < 4.78 is 11.1. The Balaban J connectivity index is 1.32. The molecule has 0 radical (unpaired) electrons. The fourth-order valence-electron chi connectivity index (χ4n) is 3.24. The van der Waals surface area contributed by atoms with E-state index in [1.54, 1.807) is 6.92 Å². The smallest absolute Gasteiger partial charge is 0.257 e. The largest absolute Gasteiger partial charge is 0.436 e. The van der Waals surface area contributed by atoms with Gasteiger partial charge in [-0.1, -0.05) is 47.6 Å². The minimum atomic E-state index is 0.535. The maximum absolute atomic E-state index is 5.88. The van der Waals surface area contributed by atoms with E-state index in [9.17, 15) is 0 Å². The van der Waals surface area contributed by atoms with Crippen molar-refractivity contribution in [3.8, 4) is 22.9 Å². The number of hydrogen-bond acceptors (Lipinski definition) is 5. The van der Waals surface area contributed by atoms with Crippen LogP contribution in [0.2, 0.25) is 0 Å². The highest BCUT2D eigenvalue weighted by molar-refractivity contribution is 5.77. The first-order valence-corrected chi connectivity index (χ1v) is 9.70. The van der Waals surface area contributed by atoms with Crippen LogP contribution in [-0.2, 0) is 0 Å². The third-order valence-electron chi connectivity index (χ3n) is 4.85. The van der Waals surface area contributed by atoms with E-state index in [-0.39, 0.29) is 0 Å². The standard InChI is InChI=1S/C25H19N3O2/c1-16-3-14-23-22(15-16)27-24(29-23)20-10-6-18(7-11-20)4-5-19-8-12-21(13-9-19)25-26-17(2)28-30-25/h3-15H,1-2H3. The Kier molecular flexibility index (Phi) is 4.48. The molecule has 2 heterocycles. The van der Waals surface area contributed by atoms with E-state index in [2.05, 4.69) is 46.3 Å². The topological polar surface area (TPSA) is 65.0 Å². The van der Waals surface area contributed by atoms with Crippen molar-refractivity contribution in [2.24, 2.45) is 0 Å². The molecule has 5 heteroatoms. The predicted octanol–water partition coefficient (Wildman–Crippen LogP) is 6.33. The molecule has 0 aliphatic carbocycles. The summed E-state index contributed by atoms with van der Waals surface area (Å²) in [6, 6.07) is 22.2. The van der Waals surface area contributed by atoms with Crippen LogP contribution in [0.3, 0.4) is 0 Å². The molecule has 0 atom stereocenters. The van der Waals surface area contributed by atoms with Crippen molar-refractivity contribution in [3.05, 3.63) is 89.2 Å². The first-order chi connectivity index (χ1) is 14.6. The van der Waals surface area contributed by atoms with Crippen LogP contribution in [0.15, 0.2) is 75.7 Å². The second-order valence-corrected chi connectivity index (χ2v) is 7.21. The first-order valence-electron chi connectivity index (χ1n) is 9.70. The lowest BCUT2D eigenvalue weighted by Crippen LogP contribution is -1.80. The molecule has 0 amide bonds. The number of benzene rings is 3. The highest BCUT2D eigenvalue weighted by Gasteiger charge is 2.08. The van der Waals surface area contributed by atoms with E-state index in [1.807, 2.05) is 54.6 Å². The fourth-order valence-corrected chi connectivity index (χ4v) is 3.24. The zero-order valence-corrected chi connectivity index (χ0v) is 16.7. The molecule has 0 N–H and O–H groups in total. The van der Waals surface area contributed by atoms with Crippen LogP contribution in [0.5, 0.6) is 0 Å². The molecule has 146 valence electrons. The summed E-state index contributed by atoms with van der Waals surface area (Å²) in [4.78, 5) is 8.85. The number of rotatable bonds is 4. The third kappa shape index (κ3) is 3.65. The summed E-state index contributed by atoms with van der Waals surface area (Å²) in [5, 5.41) is 3.83. The number of nitrogens with zero attached hydrogens (tertiary/aromatic N) is 3. The summed E-state index contributed by atoms with van der Waals surface area (Å²) in [6.45, 7) is 3.86. The van der Waals surface area contributed by atoms with Gasteiger partial charge in [0, 0.05) is 11.1 Å². The molecule has 0 saturated carbocycles. The van der Waals surface area contributed by atoms with Crippen LogP contribution in [0.1, 0.15) is 22.5 Å². The second-order valence-electron chi connectivity index (χ2n) is 7.21. The monoisotopic (exact) mass is 393 g/mol. The summed E-state index contributed by atoms with van der Waals surface area (Å²) in [5.41, 5.74) is 6.91. The Morgan fingerprint density at radius 1 is 0.700 bits per heavy atom. The summed E-state index contributed by atoms with van der Waals surface area (Å²) in [7, 11) is 0. The molecule has 0 saturated heterocycles. The maximum atomic E-state index is 5.88. The van der Waals surface area contributed by atoms with Gasteiger partial charge in [-0.15, -0.1) is 0 Å². The molecule has 5 aromatic rings. The van der Waals surface area contributed by atoms with E-state index in [4.69, 9.17) is 8.94 Å². The van der Waals surface area contributed by atoms with E-state index in [1.165, 1.54) is 5.56 Å². The van der Waals surface area contributed by atoms with Crippen molar-refractivity contribution < 1.29 is 8.94 Å².